The number of rotatable bonds is 3. The zero-order valence-corrected chi connectivity index (χ0v) is 15.5. The van der Waals surface area contributed by atoms with Crippen LogP contribution in [0.2, 0.25) is 0 Å². The SMILES string of the molecule is Cl.NC[C@H]1CCC[C@H]1C(=O)NC1CC2(CCCC2)Oc2ccccc21. The first-order valence-corrected chi connectivity index (χ1v) is 9.49. The predicted molar refractivity (Wildman–Crippen MR) is 101 cm³/mol. The van der Waals surface area contributed by atoms with E-state index in [1.807, 2.05) is 18.2 Å². The average molecular weight is 365 g/mol. The van der Waals surface area contributed by atoms with Gasteiger partial charge >= 0.3 is 0 Å². The summed E-state index contributed by atoms with van der Waals surface area (Å²) < 4.78 is 6.39. The van der Waals surface area contributed by atoms with E-state index in [0.717, 1.165) is 49.8 Å². The number of para-hydroxylation sites is 1. The fourth-order valence-corrected chi connectivity index (χ4v) is 5.02. The Balaban J connectivity index is 0.00000182. The maximum absolute atomic E-state index is 12.9. The van der Waals surface area contributed by atoms with Gasteiger partial charge in [0.15, 0.2) is 0 Å². The van der Waals surface area contributed by atoms with E-state index in [2.05, 4.69) is 11.4 Å². The highest BCUT2D eigenvalue weighted by atomic mass is 35.5. The van der Waals surface area contributed by atoms with Gasteiger partial charge in [-0.05, 0) is 57.1 Å². The molecule has 2 saturated carbocycles. The summed E-state index contributed by atoms with van der Waals surface area (Å²) in [6.07, 6.45) is 8.73. The number of fused-ring (bicyclic) bond motifs is 1. The lowest BCUT2D eigenvalue weighted by Gasteiger charge is -2.40. The van der Waals surface area contributed by atoms with E-state index >= 15 is 0 Å². The molecule has 4 nitrogen and oxygen atoms in total. The molecule has 1 heterocycles. The van der Waals surface area contributed by atoms with Gasteiger partial charge < -0.3 is 15.8 Å². The minimum Gasteiger partial charge on any atom is -0.487 e. The largest absolute Gasteiger partial charge is 0.487 e. The summed E-state index contributed by atoms with van der Waals surface area (Å²) in [6, 6.07) is 8.27. The summed E-state index contributed by atoms with van der Waals surface area (Å²) in [5.41, 5.74) is 6.92. The molecular weight excluding hydrogens is 336 g/mol. The molecule has 2 fully saturated rings. The molecule has 3 atom stereocenters. The first-order chi connectivity index (χ1) is 11.7. The van der Waals surface area contributed by atoms with Crippen LogP contribution >= 0.6 is 12.4 Å². The summed E-state index contributed by atoms with van der Waals surface area (Å²) in [5, 5.41) is 3.36. The minimum atomic E-state index is -0.0742. The van der Waals surface area contributed by atoms with Gasteiger partial charge in [-0.3, -0.25) is 4.79 Å². The molecule has 1 aromatic carbocycles. The lowest BCUT2D eigenvalue weighted by Crippen LogP contribution is -2.45. The Morgan fingerprint density at radius 1 is 1.20 bits per heavy atom. The topological polar surface area (TPSA) is 64.4 Å². The van der Waals surface area contributed by atoms with Crippen LogP contribution in [0.4, 0.5) is 0 Å². The third-order valence-corrected chi connectivity index (χ3v) is 6.33. The number of benzene rings is 1. The monoisotopic (exact) mass is 364 g/mol. The summed E-state index contributed by atoms with van der Waals surface area (Å²) in [6.45, 7) is 0.617. The molecule has 1 spiro atoms. The highest BCUT2D eigenvalue weighted by Crippen LogP contribution is 2.47. The second kappa shape index (κ2) is 7.55. The Bertz CT molecular complexity index is 615. The van der Waals surface area contributed by atoms with Crippen molar-refractivity contribution in [2.75, 3.05) is 6.54 Å². The molecule has 138 valence electrons. The van der Waals surface area contributed by atoms with Crippen LogP contribution in [0.15, 0.2) is 24.3 Å². The zero-order chi connectivity index (χ0) is 16.6. The van der Waals surface area contributed by atoms with Crippen LogP contribution in [0, 0.1) is 11.8 Å². The molecule has 0 bridgehead atoms. The van der Waals surface area contributed by atoms with Gasteiger partial charge in [0.05, 0.1) is 6.04 Å². The van der Waals surface area contributed by atoms with Gasteiger partial charge in [0, 0.05) is 17.9 Å². The van der Waals surface area contributed by atoms with E-state index in [9.17, 15) is 4.79 Å². The number of hydrogen-bond acceptors (Lipinski definition) is 3. The Labute approximate surface area is 156 Å². The molecule has 1 amide bonds. The van der Waals surface area contributed by atoms with Crippen LogP contribution in [0.5, 0.6) is 5.75 Å². The number of amides is 1. The molecular formula is C20H29ClN2O2. The van der Waals surface area contributed by atoms with E-state index in [-0.39, 0.29) is 35.9 Å². The molecule has 0 saturated heterocycles. The van der Waals surface area contributed by atoms with Crippen molar-refractivity contribution < 1.29 is 9.53 Å². The van der Waals surface area contributed by atoms with Crippen LogP contribution < -0.4 is 15.8 Å². The normalized spacial score (nSPS) is 29.6. The summed E-state index contributed by atoms with van der Waals surface area (Å²) >= 11 is 0. The summed E-state index contributed by atoms with van der Waals surface area (Å²) in [5.74, 6) is 1.58. The fraction of sp³-hybridized carbons (Fsp3) is 0.650. The van der Waals surface area contributed by atoms with Crippen LogP contribution in [-0.2, 0) is 4.79 Å². The first-order valence-electron chi connectivity index (χ1n) is 9.49. The second-order valence-corrected chi connectivity index (χ2v) is 7.83. The standard InChI is InChI=1S/C20H28N2O2.ClH/c21-13-14-6-5-8-15(14)19(23)22-17-12-20(10-3-4-11-20)24-18-9-2-1-7-16(17)18;/h1-2,7,9,14-15,17H,3-6,8,10-13,21H2,(H,22,23);1H/t14-,15-,17?;/m1./s1. The van der Waals surface area contributed by atoms with Crippen LogP contribution in [-0.4, -0.2) is 18.1 Å². The fourth-order valence-electron chi connectivity index (χ4n) is 5.02. The summed E-state index contributed by atoms with van der Waals surface area (Å²) in [4.78, 5) is 12.9. The first kappa shape index (κ1) is 18.5. The maximum Gasteiger partial charge on any atom is 0.223 e. The molecule has 1 aliphatic heterocycles. The molecule has 5 heteroatoms. The minimum absolute atomic E-state index is 0. The Morgan fingerprint density at radius 3 is 2.72 bits per heavy atom. The third kappa shape index (κ3) is 3.52. The van der Waals surface area contributed by atoms with Gasteiger partial charge in [0.25, 0.3) is 0 Å². The van der Waals surface area contributed by atoms with Crippen LogP contribution in [0.25, 0.3) is 0 Å². The zero-order valence-electron chi connectivity index (χ0n) is 14.7. The van der Waals surface area contributed by atoms with Crippen LogP contribution in [0.1, 0.15) is 63.0 Å². The molecule has 1 unspecified atom stereocenters. The molecule has 2 aliphatic carbocycles. The van der Waals surface area contributed by atoms with Gasteiger partial charge in [0.2, 0.25) is 5.91 Å². The second-order valence-electron chi connectivity index (χ2n) is 7.83. The molecule has 1 aromatic rings. The third-order valence-electron chi connectivity index (χ3n) is 6.33. The molecule has 25 heavy (non-hydrogen) atoms. The van der Waals surface area contributed by atoms with E-state index in [0.29, 0.717) is 12.5 Å². The van der Waals surface area contributed by atoms with E-state index < -0.39 is 0 Å². The van der Waals surface area contributed by atoms with E-state index in [1.54, 1.807) is 0 Å². The van der Waals surface area contributed by atoms with Crippen molar-refractivity contribution in [2.45, 2.75) is 63.0 Å². The Morgan fingerprint density at radius 2 is 1.96 bits per heavy atom. The van der Waals surface area contributed by atoms with Crippen molar-refractivity contribution >= 4 is 18.3 Å². The molecule has 3 N–H and O–H groups in total. The quantitative estimate of drug-likeness (QED) is 0.858. The smallest absolute Gasteiger partial charge is 0.223 e. The predicted octanol–water partition coefficient (Wildman–Crippen LogP) is 3.74. The van der Waals surface area contributed by atoms with Gasteiger partial charge in [-0.25, -0.2) is 0 Å². The van der Waals surface area contributed by atoms with Crippen molar-refractivity contribution in [1.29, 1.82) is 0 Å². The molecule has 4 rings (SSSR count). The van der Waals surface area contributed by atoms with Gasteiger partial charge in [-0.15, -0.1) is 12.4 Å². The Kier molecular flexibility index (Phi) is 5.59. The number of carbonyl (C=O) groups is 1. The number of hydrogen-bond donors (Lipinski definition) is 2. The molecule has 3 aliphatic rings. The summed E-state index contributed by atoms with van der Waals surface area (Å²) in [7, 11) is 0. The van der Waals surface area contributed by atoms with Crippen molar-refractivity contribution in [3.63, 3.8) is 0 Å². The van der Waals surface area contributed by atoms with E-state index in [4.69, 9.17) is 10.5 Å². The molecule has 0 aromatic heterocycles. The lowest BCUT2D eigenvalue weighted by molar-refractivity contribution is -0.127. The Hall–Kier alpha value is -1.26. The number of nitrogens with one attached hydrogen (secondary N) is 1. The average Bonchev–Trinajstić information content (AvgIpc) is 3.24. The van der Waals surface area contributed by atoms with Gasteiger partial charge in [-0.1, -0.05) is 24.6 Å². The van der Waals surface area contributed by atoms with Crippen molar-refractivity contribution in [3.05, 3.63) is 29.8 Å². The van der Waals surface area contributed by atoms with Crippen LogP contribution in [0.3, 0.4) is 0 Å². The number of ether oxygens (including phenoxy) is 1. The van der Waals surface area contributed by atoms with Crippen molar-refractivity contribution in [2.24, 2.45) is 17.6 Å². The van der Waals surface area contributed by atoms with E-state index in [1.165, 1.54) is 12.8 Å². The van der Waals surface area contributed by atoms with Crippen molar-refractivity contribution in [3.8, 4) is 5.75 Å². The lowest BCUT2D eigenvalue weighted by atomic mass is 9.85. The number of nitrogens with two attached hydrogens (primary N) is 1. The molecule has 0 radical (unpaired) electrons. The highest BCUT2D eigenvalue weighted by molar-refractivity contribution is 5.85. The maximum atomic E-state index is 12.9. The van der Waals surface area contributed by atoms with Gasteiger partial charge in [0.1, 0.15) is 11.4 Å². The van der Waals surface area contributed by atoms with Gasteiger partial charge in [-0.2, -0.15) is 0 Å². The number of carbonyl (C=O) groups excluding carboxylic acids is 1. The highest BCUT2D eigenvalue weighted by Gasteiger charge is 2.44. The number of halogens is 1. The van der Waals surface area contributed by atoms with Crippen molar-refractivity contribution in [1.82, 2.24) is 5.32 Å².